The van der Waals surface area contributed by atoms with E-state index in [0.717, 1.165) is 44.9 Å². The Balaban J connectivity index is 1.35. The van der Waals surface area contributed by atoms with Crippen LogP contribution in [0.3, 0.4) is 0 Å². The van der Waals surface area contributed by atoms with Gasteiger partial charge in [-0.3, -0.25) is 4.79 Å². The van der Waals surface area contributed by atoms with Crippen LogP contribution in [0, 0.1) is 69.0 Å². The zero-order valence-electron chi connectivity index (χ0n) is 25.5. The Morgan fingerprint density at radius 1 is 1.02 bits per heavy atom. The van der Waals surface area contributed by atoms with Gasteiger partial charge in [-0.05, 0) is 103 Å². The molecular weight excluding hydrogens is 494 g/mol. The molecule has 4 aliphatic rings. The standard InChI is InChI=1S/C36H49NO3/c1-23(2)24(3)12-13-25(4)29-16-19-36(22-37)32-30(15-18-35(29,36)6)34(5)17-14-28(20-27(34)21-31(32)38)40-33(39)26-10-8-7-9-11-26/h7-13,23-25,27-30,32H,14-21H2,1-6H3/b13-12+/t24-,25-,27-,28+,29-,30+,32+,34+,35-,36-/m1/s1. The van der Waals surface area contributed by atoms with Crippen molar-refractivity contribution in [3.05, 3.63) is 48.0 Å². The molecule has 4 heteroatoms. The van der Waals surface area contributed by atoms with Crippen LogP contribution in [0.4, 0.5) is 0 Å². The summed E-state index contributed by atoms with van der Waals surface area (Å²) in [5.41, 5.74) is -0.129. The molecule has 40 heavy (non-hydrogen) atoms. The molecule has 0 spiro atoms. The number of nitriles is 1. The van der Waals surface area contributed by atoms with Crippen LogP contribution in [-0.4, -0.2) is 17.9 Å². The summed E-state index contributed by atoms with van der Waals surface area (Å²) < 4.78 is 5.95. The van der Waals surface area contributed by atoms with Crippen molar-refractivity contribution in [2.24, 2.45) is 57.7 Å². The SMILES string of the molecule is CC(C)[C@H](C)/C=C/[C@@H](C)[C@H]1CC[C@@]2(C#N)[C@@H]3C(=O)C[C@H]4C[C@@H](OC(=O)c5ccccc5)CC[C@]4(C)[C@H]3CC[C@]12C. The van der Waals surface area contributed by atoms with E-state index >= 15 is 0 Å². The Morgan fingerprint density at radius 2 is 1.75 bits per heavy atom. The topological polar surface area (TPSA) is 67.2 Å². The third-order valence-electron chi connectivity index (χ3n) is 12.6. The molecular formula is C36H49NO3. The molecule has 5 rings (SSSR count). The van der Waals surface area contributed by atoms with Crippen LogP contribution >= 0.6 is 0 Å². The van der Waals surface area contributed by atoms with Gasteiger partial charge in [-0.2, -0.15) is 5.26 Å². The monoisotopic (exact) mass is 543 g/mol. The van der Waals surface area contributed by atoms with Crippen molar-refractivity contribution >= 4 is 11.8 Å². The van der Waals surface area contributed by atoms with Crippen LogP contribution in [-0.2, 0) is 9.53 Å². The fourth-order valence-electron chi connectivity index (χ4n) is 9.67. The quantitative estimate of drug-likeness (QED) is 0.267. The summed E-state index contributed by atoms with van der Waals surface area (Å²) in [5.74, 6) is 2.28. The summed E-state index contributed by atoms with van der Waals surface area (Å²) >= 11 is 0. The smallest absolute Gasteiger partial charge is 0.338 e. The van der Waals surface area contributed by atoms with Crippen molar-refractivity contribution in [2.45, 2.75) is 99.0 Å². The van der Waals surface area contributed by atoms with E-state index in [9.17, 15) is 14.9 Å². The second kappa shape index (κ2) is 10.8. The van der Waals surface area contributed by atoms with E-state index in [2.05, 4.69) is 59.8 Å². The van der Waals surface area contributed by atoms with Gasteiger partial charge in [-0.15, -0.1) is 0 Å². The molecule has 10 atom stereocenters. The van der Waals surface area contributed by atoms with E-state index in [1.807, 2.05) is 18.2 Å². The van der Waals surface area contributed by atoms with Gasteiger partial charge < -0.3 is 4.74 Å². The number of ether oxygens (including phenoxy) is 1. The lowest BCUT2D eigenvalue weighted by Crippen LogP contribution is -2.61. The maximum Gasteiger partial charge on any atom is 0.338 e. The van der Waals surface area contributed by atoms with Crippen LogP contribution < -0.4 is 0 Å². The molecule has 0 unspecified atom stereocenters. The normalized spacial score (nSPS) is 40.5. The highest BCUT2D eigenvalue weighted by atomic mass is 16.5. The Labute approximate surface area is 241 Å². The zero-order valence-corrected chi connectivity index (χ0v) is 25.5. The largest absolute Gasteiger partial charge is 0.459 e. The third-order valence-corrected chi connectivity index (χ3v) is 12.6. The van der Waals surface area contributed by atoms with Crippen molar-refractivity contribution in [3.63, 3.8) is 0 Å². The molecule has 216 valence electrons. The van der Waals surface area contributed by atoms with Crippen molar-refractivity contribution in [3.8, 4) is 6.07 Å². The summed E-state index contributed by atoms with van der Waals surface area (Å²) in [7, 11) is 0. The zero-order chi connectivity index (χ0) is 28.9. The molecule has 4 aliphatic carbocycles. The molecule has 0 bridgehead atoms. The molecule has 4 saturated carbocycles. The van der Waals surface area contributed by atoms with Gasteiger partial charge in [-0.1, -0.05) is 71.9 Å². The van der Waals surface area contributed by atoms with Gasteiger partial charge in [0.2, 0.25) is 0 Å². The summed E-state index contributed by atoms with van der Waals surface area (Å²) in [6, 6.07) is 12.1. The minimum Gasteiger partial charge on any atom is -0.459 e. The maximum atomic E-state index is 14.1. The van der Waals surface area contributed by atoms with Crippen LogP contribution in [0.25, 0.3) is 0 Å². The van der Waals surface area contributed by atoms with Gasteiger partial charge in [-0.25, -0.2) is 4.79 Å². The number of carbonyl (C=O) groups is 2. The first kappa shape index (κ1) is 29.1. The van der Waals surface area contributed by atoms with E-state index in [1.54, 1.807) is 12.1 Å². The fraction of sp³-hybridized carbons (Fsp3) is 0.694. The molecule has 0 amide bonds. The minimum atomic E-state index is -0.575. The molecule has 0 aromatic heterocycles. The average molecular weight is 544 g/mol. The van der Waals surface area contributed by atoms with E-state index in [-0.39, 0.29) is 40.7 Å². The van der Waals surface area contributed by atoms with Crippen molar-refractivity contribution in [2.75, 3.05) is 0 Å². The molecule has 4 fully saturated rings. The molecule has 4 nitrogen and oxygen atoms in total. The number of benzene rings is 1. The van der Waals surface area contributed by atoms with E-state index in [4.69, 9.17) is 4.74 Å². The number of hydrogen-bond acceptors (Lipinski definition) is 4. The number of rotatable bonds is 6. The first-order chi connectivity index (χ1) is 19.0. The van der Waals surface area contributed by atoms with Crippen LogP contribution in [0.5, 0.6) is 0 Å². The first-order valence-corrected chi connectivity index (χ1v) is 15.8. The number of Topliss-reactive ketones (excluding diaryl/α,β-unsaturated/α-hetero) is 1. The van der Waals surface area contributed by atoms with Gasteiger partial charge in [0, 0.05) is 12.3 Å². The highest BCUT2D eigenvalue weighted by Crippen LogP contribution is 2.72. The fourth-order valence-corrected chi connectivity index (χ4v) is 9.67. The Hall–Kier alpha value is -2.41. The molecule has 0 saturated heterocycles. The highest BCUT2D eigenvalue weighted by molar-refractivity contribution is 5.89. The number of esters is 1. The van der Waals surface area contributed by atoms with Crippen molar-refractivity contribution in [1.82, 2.24) is 0 Å². The summed E-state index contributed by atoms with van der Waals surface area (Å²) in [6.07, 6.45) is 11.6. The van der Waals surface area contributed by atoms with Crippen LogP contribution in [0.15, 0.2) is 42.5 Å². The number of hydrogen-bond donors (Lipinski definition) is 0. The molecule has 1 aromatic rings. The highest BCUT2D eigenvalue weighted by Gasteiger charge is 2.70. The first-order valence-electron chi connectivity index (χ1n) is 15.8. The summed E-state index contributed by atoms with van der Waals surface area (Å²) in [6.45, 7) is 13.9. The Bertz CT molecular complexity index is 1180. The molecule has 0 radical (unpaired) electrons. The van der Waals surface area contributed by atoms with Gasteiger partial charge in [0.15, 0.2) is 0 Å². The Morgan fingerprint density at radius 3 is 2.42 bits per heavy atom. The third kappa shape index (κ3) is 4.56. The van der Waals surface area contributed by atoms with Gasteiger partial charge >= 0.3 is 5.97 Å². The Kier molecular flexibility index (Phi) is 7.84. The summed E-state index contributed by atoms with van der Waals surface area (Å²) in [5, 5.41) is 10.9. The predicted molar refractivity (Wildman–Crippen MR) is 158 cm³/mol. The lowest BCUT2D eigenvalue weighted by molar-refractivity contribution is -0.170. The lowest BCUT2D eigenvalue weighted by Gasteiger charge is -2.62. The van der Waals surface area contributed by atoms with Crippen molar-refractivity contribution < 1.29 is 14.3 Å². The average Bonchev–Trinajstić information content (AvgIpc) is 3.25. The van der Waals surface area contributed by atoms with Gasteiger partial charge in [0.05, 0.1) is 17.0 Å². The van der Waals surface area contributed by atoms with Gasteiger partial charge in [0.25, 0.3) is 0 Å². The van der Waals surface area contributed by atoms with E-state index in [0.29, 0.717) is 41.4 Å². The lowest BCUT2D eigenvalue weighted by atomic mass is 9.40. The van der Waals surface area contributed by atoms with Gasteiger partial charge in [0.1, 0.15) is 11.9 Å². The summed E-state index contributed by atoms with van der Waals surface area (Å²) in [4.78, 5) is 26.9. The van der Waals surface area contributed by atoms with Crippen molar-refractivity contribution in [1.29, 1.82) is 5.26 Å². The van der Waals surface area contributed by atoms with Crippen LogP contribution in [0.1, 0.15) is 103 Å². The number of ketones is 1. The second-order valence-corrected chi connectivity index (χ2v) is 14.7. The number of allylic oxidation sites excluding steroid dienone is 2. The van der Waals surface area contributed by atoms with Crippen LogP contribution in [0.2, 0.25) is 0 Å². The predicted octanol–water partition coefficient (Wildman–Crippen LogP) is 8.43. The molecule has 1 aromatic carbocycles. The number of nitrogens with zero attached hydrogens (tertiary/aromatic N) is 1. The molecule has 0 aliphatic heterocycles. The molecule has 0 N–H and O–H groups in total. The maximum absolute atomic E-state index is 14.1. The molecule has 0 heterocycles. The number of carbonyl (C=O) groups excluding carboxylic acids is 2. The number of fused-ring (bicyclic) bond motifs is 5. The minimum absolute atomic E-state index is 0.00964. The van der Waals surface area contributed by atoms with E-state index < -0.39 is 5.41 Å². The second-order valence-electron chi connectivity index (χ2n) is 14.7. The van der Waals surface area contributed by atoms with E-state index in [1.165, 1.54) is 0 Å².